The quantitative estimate of drug-likeness (QED) is 0.542. The SMILES string of the molecule is BrC1=CC=CN2NC(I)=NC12. The number of hydrazine groups is 1. The number of hydrogen-bond donors (Lipinski definition) is 1. The number of fused-ring (bicyclic) bond motifs is 1. The van der Waals surface area contributed by atoms with E-state index in [2.05, 4.69) is 48.9 Å². The molecule has 0 aromatic heterocycles. The number of allylic oxidation sites excluding steroid dienone is 2. The number of amidine groups is 1. The summed E-state index contributed by atoms with van der Waals surface area (Å²) in [6.45, 7) is 0. The van der Waals surface area contributed by atoms with E-state index in [1.807, 2.05) is 23.4 Å². The molecule has 2 aliphatic heterocycles. The highest BCUT2D eigenvalue weighted by Gasteiger charge is 2.25. The molecule has 0 saturated carbocycles. The molecule has 2 heterocycles. The summed E-state index contributed by atoms with van der Waals surface area (Å²) in [4.78, 5) is 4.34. The first-order valence-electron chi connectivity index (χ1n) is 3.09. The molecule has 0 spiro atoms. The topological polar surface area (TPSA) is 27.6 Å². The molecule has 58 valence electrons. The zero-order chi connectivity index (χ0) is 7.84. The van der Waals surface area contributed by atoms with Crippen molar-refractivity contribution >= 4 is 42.4 Å². The van der Waals surface area contributed by atoms with E-state index < -0.39 is 0 Å². The summed E-state index contributed by atoms with van der Waals surface area (Å²) in [6, 6.07) is 0. The van der Waals surface area contributed by atoms with Gasteiger partial charge in [0, 0.05) is 33.3 Å². The van der Waals surface area contributed by atoms with Crippen molar-refractivity contribution in [2.75, 3.05) is 0 Å². The molecule has 1 unspecified atom stereocenters. The number of nitrogens with zero attached hydrogens (tertiary/aromatic N) is 2. The fourth-order valence-corrected chi connectivity index (χ4v) is 2.01. The minimum absolute atomic E-state index is 0.104. The van der Waals surface area contributed by atoms with Gasteiger partial charge in [0.1, 0.15) is 0 Å². The van der Waals surface area contributed by atoms with Crippen LogP contribution in [0.5, 0.6) is 0 Å². The number of hydrogen-bond acceptors (Lipinski definition) is 3. The van der Waals surface area contributed by atoms with Gasteiger partial charge >= 0.3 is 0 Å². The molecule has 0 amide bonds. The first-order chi connectivity index (χ1) is 5.27. The van der Waals surface area contributed by atoms with Gasteiger partial charge in [-0.2, -0.15) is 0 Å². The lowest BCUT2D eigenvalue weighted by molar-refractivity contribution is 0.313. The highest BCUT2D eigenvalue weighted by atomic mass is 127. The van der Waals surface area contributed by atoms with Gasteiger partial charge in [-0.05, 0) is 12.2 Å². The molecule has 2 aliphatic rings. The van der Waals surface area contributed by atoms with Crippen LogP contribution in [0.15, 0.2) is 27.8 Å². The molecular formula is C6H5BrIN3. The average Bonchev–Trinajstić information content (AvgIpc) is 2.31. The molecule has 0 aromatic rings. The van der Waals surface area contributed by atoms with Gasteiger partial charge in [-0.3, -0.25) is 10.4 Å². The Balaban J connectivity index is 2.30. The maximum Gasteiger partial charge on any atom is 0.181 e. The predicted octanol–water partition coefficient (Wildman–Crippen LogP) is 1.73. The Morgan fingerprint density at radius 1 is 1.73 bits per heavy atom. The first kappa shape index (κ1) is 7.60. The molecular weight excluding hydrogens is 321 g/mol. The molecule has 2 rings (SSSR count). The van der Waals surface area contributed by atoms with Crippen molar-refractivity contribution in [3.63, 3.8) is 0 Å². The standard InChI is InChI=1S/C6H5BrIN3/c7-4-2-1-3-11-5(4)9-6(8)10-11/h1-3,5H,(H,9,10). The van der Waals surface area contributed by atoms with E-state index in [4.69, 9.17) is 0 Å². The molecule has 11 heavy (non-hydrogen) atoms. The lowest BCUT2D eigenvalue weighted by atomic mass is 10.3. The Bertz CT molecular complexity index is 271. The number of nitrogens with one attached hydrogen (secondary N) is 1. The van der Waals surface area contributed by atoms with E-state index in [1.54, 1.807) is 0 Å². The highest BCUT2D eigenvalue weighted by Crippen LogP contribution is 2.24. The van der Waals surface area contributed by atoms with Crippen LogP contribution in [0.3, 0.4) is 0 Å². The minimum Gasteiger partial charge on any atom is -0.275 e. The molecule has 5 heteroatoms. The Kier molecular flexibility index (Phi) is 1.92. The third-order valence-corrected chi connectivity index (χ3v) is 2.66. The zero-order valence-electron chi connectivity index (χ0n) is 5.46. The fourth-order valence-electron chi connectivity index (χ4n) is 0.993. The summed E-state index contributed by atoms with van der Waals surface area (Å²) in [5.41, 5.74) is 3.10. The van der Waals surface area contributed by atoms with Crippen LogP contribution in [0.2, 0.25) is 0 Å². The second-order valence-corrected chi connectivity index (χ2v) is 4.14. The predicted molar refractivity (Wildman–Crippen MR) is 56.4 cm³/mol. The van der Waals surface area contributed by atoms with Crippen molar-refractivity contribution in [2.24, 2.45) is 4.99 Å². The molecule has 0 aliphatic carbocycles. The zero-order valence-corrected chi connectivity index (χ0v) is 9.20. The van der Waals surface area contributed by atoms with E-state index in [0.29, 0.717) is 0 Å². The Morgan fingerprint density at radius 3 is 3.27 bits per heavy atom. The van der Waals surface area contributed by atoms with E-state index >= 15 is 0 Å². The average molecular weight is 326 g/mol. The minimum atomic E-state index is 0.104. The van der Waals surface area contributed by atoms with Crippen LogP contribution in [0, 0.1) is 0 Å². The second kappa shape index (κ2) is 2.78. The lowest BCUT2D eigenvalue weighted by Gasteiger charge is -2.22. The monoisotopic (exact) mass is 325 g/mol. The van der Waals surface area contributed by atoms with Crippen LogP contribution in [0.4, 0.5) is 0 Å². The van der Waals surface area contributed by atoms with Crippen LogP contribution in [0.25, 0.3) is 0 Å². The van der Waals surface area contributed by atoms with Crippen molar-refractivity contribution in [1.82, 2.24) is 10.4 Å². The van der Waals surface area contributed by atoms with E-state index in [-0.39, 0.29) is 6.17 Å². The van der Waals surface area contributed by atoms with Crippen LogP contribution in [-0.4, -0.2) is 15.0 Å². The Labute approximate surface area is 86.5 Å². The molecule has 0 radical (unpaired) electrons. The Morgan fingerprint density at radius 2 is 2.55 bits per heavy atom. The van der Waals surface area contributed by atoms with Crippen LogP contribution in [0.1, 0.15) is 0 Å². The van der Waals surface area contributed by atoms with Crippen molar-refractivity contribution < 1.29 is 0 Å². The Hall–Kier alpha value is -0.0400. The van der Waals surface area contributed by atoms with Gasteiger partial charge in [-0.1, -0.05) is 15.9 Å². The van der Waals surface area contributed by atoms with Crippen molar-refractivity contribution in [1.29, 1.82) is 0 Å². The van der Waals surface area contributed by atoms with Gasteiger partial charge in [0.25, 0.3) is 0 Å². The van der Waals surface area contributed by atoms with Gasteiger partial charge in [-0.15, -0.1) is 0 Å². The fraction of sp³-hybridized carbons (Fsp3) is 0.167. The third kappa shape index (κ3) is 1.31. The number of rotatable bonds is 0. The van der Waals surface area contributed by atoms with Crippen LogP contribution >= 0.6 is 38.5 Å². The summed E-state index contributed by atoms with van der Waals surface area (Å²) in [7, 11) is 0. The largest absolute Gasteiger partial charge is 0.275 e. The molecule has 0 aromatic carbocycles. The third-order valence-electron chi connectivity index (χ3n) is 1.47. The van der Waals surface area contributed by atoms with Crippen molar-refractivity contribution in [3.05, 3.63) is 22.8 Å². The molecule has 0 fully saturated rings. The summed E-state index contributed by atoms with van der Waals surface area (Å²) in [5, 5.41) is 1.95. The summed E-state index contributed by atoms with van der Waals surface area (Å²) in [6.07, 6.45) is 6.04. The first-order valence-corrected chi connectivity index (χ1v) is 4.97. The van der Waals surface area contributed by atoms with Gasteiger partial charge in [-0.25, -0.2) is 4.99 Å². The van der Waals surface area contributed by atoms with Gasteiger partial charge < -0.3 is 0 Å². The van der Waals surface area contributed by atoms with Crippen molar-refractivity contribution in [2.45, 2.75) is 6.17 Å². The molecule has 0 bridgehead atoms. The summed E-state index contributed by atoms with van der Waals surface area (Å²) < 4.78 is 2.00. The van der Waals surface area contributed by atoms with Crippen LogP contribution in [-0.2, 0) is 0 Å². The smallest absolute Gasteiger partial charge is 0.181 e. The van der Waals surface area contributed by atoms with Crippen molar-refractivity contribution in [3.8, 4) is 0 Å². The molecule has 3 nitrogen and oxygen atoms in total. The van der Waals surface area contributed by atoms with Crippen LogP contribution < -0.4 is 5.43 Å². The lowest BCUT2D eigenvalue weighted by Crippen LogP contribution is -2.36. The summed E-state index contributed by atoms with van der Waals surface area (Å²) >= 11 is 5.60. The molecule has 1 atom stereocenters. The second-order valence-electron chi connectivity index (χ2n) is 2.21. The van der Waals surface area contributed by atoms with E-state index in [1.165, 1.54) is 0 Å². The number of halogens is 2. The van der Waals surface area contributed by atoms with Gasteiger partial charge in [0.05, 0.1) is 0 Å². The maximum atomic E-state index is 4.34. The highest BCUT2D eigenvalue weighted by molar-refractivity contribution is 14.1. The summed E-state index contributed by atoms with van der Waals surface area (Å²) in [5.74, 6) is 0. The van der Waals surface area contributed by atoms with Gasteiger partial charge in [0.2, 0.25) is 0 Å². The molecule has 0 saturated heterocycles. The maximum absolute atomic E-state index is 4.34. The normalized spacial score (nSPS) is 27.5. The molecule has 1 N–H and O–H groups in total. The van der Waals surface area contributed by atoms with E-state index in [9.17, 15) is 0 Å². The number of aliphatic imine (C=N–C) groups is 1. The van der Waals surface area contributed by atoms with Gasteiger partial charge in [0.15, 0.2) is 10.0 Å². The van der Waals surface area contributed by atoms with E-state index in [0.717, 1.165) is 8.32 Å².